The first-order valence-electron chi connectivity index (χ1n) is 12.0. The third-order valence-electron chi connectivity index (χ3n) is 5.54. The number of anilines is 2. The largest absolute Gasteiger partial charge is 0.465 e. The Morgan fingerprint density at radius 1 is 0.868 bits per heavy atom. The quantitative estimate of drug-likeness (QED) is 0.181. The molecule has 3 aromatic carbocycles. The van der Waals surface area contributed by atoms with E-state index < -0.39 is 11.8 Å². The van der Waals surface area contributed by atoms with E-state index in [1.165, 1.54) is 24.1 Å². The summed E-state index contributed by atoms with van der Waals surface area (Å²) < 4.78 is 5.34. The summed E-state index contributed by atoms with van der Waals surface area (Å²) >= 11 is 1.38. The van der Waals surface area contributed by atoms with Gasteiger partial charge in [-0.15, -0.1) is 11.8 Å². The van der Waals surface area contributed by atoms with Gasteiger partial charge in [-0.25, -0.2) is 0 Å². The maximum Gasteiger partial charge on any atom is 0.272 e. The average Bonchev–Trinajstić information content (AvgIpc) is 3.43. The van der Waals surface area contributed by atoms with Crippen LogP contribution in [0.25, 0.3) is 6.08 Å². The number of carbonyl (C=O) groups is 3. The Morgan fingerprint density at radius 2 is 1.63 bits per heavy atom. The van der Waals surface area contributed by atoms with Gasteiger partial charge in [0.25, 0.3) is 11.8 Å². The topological polar surface area (TPSA) is 100 Å². The van der Waals surface area contributed by atoms with Crippen LogP contribution in [-0.4, -0.2) is 23.0 Å². The van der Waals surface area contributed by atoms with Crippen LogP contribution in [0.15, 0.2) is 112 Å². The Labute approximate surface area is 225 Å². The lowest BCUT2D eigenvalue weighted by Gasteiger charge is -2.15. The molecule has 192 valence electrons. The summed E-state index contributed by atoms with van der Waals surface area (Å²) in [5.41, 5.74) is 2.73. The van der Waals surface area contributed by atoms with Crippen molar-refractivity contribution in [2.75, 3.05) is 10.6 Å². The van der Waals surface area contributed by atoms with Gasteiger partial charge in [-0.1, -0.05) is 42.5 Å². The van der Waals surface area contributed by atoms with E-state index in [0.29, 0.717) is 17.0 Å². The smallest absolute Gasteiger partial charge is 0.272 e. The molecule has 0 fully saturated rings. The molecule has 0 bridgehead atoms. The summed E-state index contributed by atoms with van der Waals surface area (Å²) in [7, 11) is 0. The predicted octanol–water partition coefficient (Wildman–Crippen LogP) is 6.12. The van der Waals surface area contributed by atoms with Crippen molar-refractivity contribution in [3.05, 3.63) is 120 Å². The molecule has 3 amide bonds. The van der Waals surface area contributed by atoms with Crippen LogP contribution in [0.1, 0.15) is 28.6 Å². The number of thioether (sulfide) groups is 1. The van der Waals surface area contributed by atoms with Crippen LogP contribution in [0.4, 0.5) is 11.4 Å². The Bertz CT molecular complexity index is 1450. The summed E-state index contributed by atoms with van der Waals surface area (Å²) in [6, 6.07) is 26.8. The summed E-state index contributed by atoms with van der Waals surface area (Å²) in [6.07, 6.45) is 2.95. The van der Waals surface area contributed by atoms with E-state index in [1.807, 2.05) is 44.2 Å². The fourth-order valence-electron chi connectivity index (χ4n) is 3.51. The highest BCUT2D eigenvalue weighted by Crippen LogP contribution is 2.27. The second-order valence-electron chi connectivity index (χ2n) is 8.44. The van der Waals surface area contributed by atoms with Gasteiger partial charge in [0, 0.05) is 27.9 Å². The molecule has 1 atom stereocenters. The zero-order valence-corrected chi connectivity index (χ0v) is 21.8. The van der Waals surface area contributed by atoms with Crippen molar-refractivity contribution >= 4 is 46.9 Å². The van der Waals surface area contributed by atoms with Gasteiger partial charge in [0.05, 0.1) is 11.5 Å². The molecule has 0 saturated heterocycles. The maximum atomic E-state index is 13.2. The van der Waals surface area contributed by atoms with Crippen molar-refractivity contribution in [3.63, 3.8) is 0 Å². The first kappa shape index (κ1) is 26.5. The normalized spacial score (nSPS) is 11.9. The van der Waals surface area contributed by atoms with E-state index in [9.17, 15) is 14.4 Å². The van der Waals surface area contributed by atoms with E-state index in [-0.39, 0.29) is 16.9 Å². The predicted molar refractivity (Wildman–Crippen MR) is 151 cm³/mol. The zero-order valence-electron chi connectivity index (χ0n) is 20.9. The molecule has 7 nitrogen and oxygen atoms in total. The second-order valence-corrected chi connectivity index (χ2v) is 9.85. The molecule has 0 saturated carbocycles. The SMILES string of the molecule is Cc1ccccc1NC(=O)C(C)Sc1cccc(NC(=O)/C(=C/c2ccco2)NC(=O)c2ccccc2)c1. The molecule has 1 aromatic heterocycles. The maximum absolute atomic E-state index is 13.2. The zero-order chi connectivity index (χ0) is 26.9. The molecular formula is C30H27N3O4S. The van der Waals surface area contributed by atoms with Crippen LogP contribution in [0.5, 0.6) is 0 Å². The van der Waals surface area contributed by atoms with Gasteiger partial charge in [0.2, 0.25) is 5.91 Å². The molecule has 8 heteroatoms. The van der Waals surface area contributed by atoms with Gasteiger partial charge in [0.1, 0.15) is 11.5 Å². The van der Waals surface area contributed by atoms with Crippen LogP contribution in [-0.2, 0) is 9.59 Å². The molecule has 1 unspecified atom stereocenters. The van der Waals surface area contributed by atoms with Gasteiger partial charge in [-0.3, -0.25) is 14.4 Å². The number of para-hydroxylation sites is 1. The van der Waals surface area contributed by atoms with Crippen molar-refractivity contribution in [3.8, 4) is 0 Å². The molecule has 0 spiro atoms. The highest BCUT2D eigenvalue weighted by atomic mass is 32.2. The number of hydrogen-bond acceptors (Lipinski definition) is 5. The van der Waals surface area contributed by atoms with Gasteiger partial charge < -0.3 is 20.4 Å². The summed E-state index contributed by atoms with van der Waals surface area (Å²) in [6.45, 7) is 3.77. The molecule has 0 radical (unpaired) electrons. The van der Waals surface area contributed by atoms with Gasteiger partial charge in [-0.2, -0.15) is 0 Å². The number of amides is 3. The second kappa shape index (κ2) is 12.6. The van der Waals surface area contributed by atoms with E-state index >= 15 is 0 Å². The van der Waals surface area contributed by atoms with Gasteiger partial charge in [0.15, 0.2) is 0 Å². The van der Waals surface area contributed by atoms with Crippen LogP contribution in [0.2, 0.25) is 0 Å². The van der Waals surface area contributed by atoms with E-state index in [1.54, 1.807) is 60.7 Å². The Kier molecular flexibility index (Phi) is 8.79. The summed E-state index contributed by atoms with van der Waals surface area (Å²) in [5.74, 6) is -0.637. The minimum absolute atomic E-state index is 0.0258. The molecule has 0 aliphatic heterocycles. The lowest BCUT2D eigenvalue weighted by molar-refractivity contribution is -0.115. The third-order valence-corrected chi connectivity index (χ3v) is 6.63. The van der Waals surface area contributed by atoms with E-state index in [4.69, 9.17) is 4.42 Å². The number of furan rings is 1. The van der Waals surface area contributed by atoms with Crippen molar-refractivity contribution in [1.29, 1.82) is 0 Å². The molecule has 3 N–H and O–H groups in total. The van der Waals surface area contributed by atoms with Gasteiger partial charge >= 0.3 is 0 Å². The van der Waals surface area contributed by atoms with Gasteiger partial charge in [-0.05, 0) is 67.9 Å². The van der Waals surface area contributed by atoms with Crippen molar-refractivity contribution < 1.29 is 18.8 Å². The van der Waals surface area contributed by atoms with Crippen LogP contribution in [0, 0.1) is 6.92 Å². The lowest BCUT2D eigenvalue weighted by atomic mass is 10.2. The van der Waals surface area contributed by atoms with Crippen LogP contribution < -0.4 is 16.0 Å². The van der Waals surface area contributed by atoms with Crippen molar-refractivity contribution in [1.82, 2.24) is 5.32 Å². The molecular weight excluding hydrogens is 498 g/mol. The monoisotopic (exact) mass is 525 g/mol. The molecule has 1 heterocycles. The number of rotatable bonds is 9. The number of hydrogen-bond donors (Lipinski definition) is 3. The molecule has 0 aliphatic carbocycles. The number of aryl methyl sites for hydroxylation is 1. The summed E-state index contributed by atoms with van der Waals surface area (Å²) in [4.78, 5) is 39.4. The fraction of sp³-hybridized carbons (Fsp3) is 0.100. The summed E-state index contributed by atoms with van der Waals surface area (Å²) in [5, 5.41) is 8.08. The first-order valence-corrected chi connectivity index (χ1v) is 12.8. The Hall–Kier alpha value is -4.56. The number of nitrogens with one attached hydrogen (secondary N) is 3. The van der Waals surface area contributed by atoms with Crippen molar-refractivity contribution in [2.24, 2.45) is 0 Å². The Balaban J connectivity index is 1.45. The van der Waals surface area contributed by atoms with Crippen LogP contribution in [0.3, 0.4) is 0 Å². The minimum Gasteiger partial charge on any atom is -0.465 e. The van der Waals surface area contributed by atoms with Crippen molar-refractivity contribution in [2.45, 2.75) is 24.0 Å². The third kappa shape index (κ3) is 7.24. The minimum atomic E-state index is -0.516. The number of benzene rings is 3. The van der Waals surface area contributed by atoms with E-state index in [0.717, 1.165) is 16.1 Å². The molecule has 0 aliphatic rings. The standard InChI is InChI=1S/C30H27N3O4S/c1-20-10-6-7-16-26(20)32-28(34)21(2)38-25-15-8-13-23(18-25)31-30(36)27(19-24-14-9-17-37-24)33-29(35)22-11-4-3-5-12-22/h3-19,21H,1-2H3,(H,31,36)(H,32,34)(H,33,35)/b27-19-. The highest BCUT2D eigenvalue weighted by molar-refractivity contribution is 8.00. The van der Waals surface area contributed by atoms with E-state index in [2.05, 4.69) is 16.0 Å². The average molecular weight is 526 g/mol. The number of carbonyl (C=O) groups excluding carboxylic acids is 3. The van der Waals surface area contributed by atoms with Crippen LogP contribution >= 0.6 is 11.8 Å². The molecule has 4 rings (SSSR count). The molecule has 38 heavy (non-hydrogen) atoms. The Morgan fingerprint density at radius 3 is 2.37 bits per heavy atom. The lowest BCUT2D eigenvalue weighted by Crippen LogP contribution is -2.30. The fourth-order valence-corrected chi connectivity index (χ4v) is 4.44. The molecule has 4 aromatic rings. The first-order chi connectivity index (χ1) is 18.4. The highest BCUT2D eigenvalue weighted by Gasteiger charge is 2.18.